The Labute approximate surface area is 113 Å². The lowest BCUT2D eigenvalue weighted by molar-refractivity contribution is 0.112. The molecule has 3 aromatic rings. The Balaban J connectivity index is 1.83. The molecule has 0 bridgehead atoms. The number of benzene rings is 1. The highest BCUT2D eigenvalue weighted by Gasteiger charge is 2.15. The summed E-state index contributed by atoms with van der Waals surface area (Å²) in [4.78, 5) is 15.2. The van der Waals surface area contributed by atoms with Crippen molar-refractivity contribution in [1.29, 1.82) is 0 Å². The first-order valence-corrected chi connectivity index (χ1v) is 6.05. The maximum Gasteiger partial charge on any atom is 0.231 e. The van der Waals surface area contributed by atoms with Crippen LogP contribution in [0.1, 0.15) is 10.4 Å². The number of nitrogens with zero attached hydrogens (tertiary/aromatic N) is 3. The van der Waals surface area contributed by atoms with E-state index < -0.39 is 0 Å². The van der Waals surface area contributed by atoms with Crippen molar-refractivity contribution in [2.24, 2.45) is 0 Å². The van der Waals surface area contributed by atoms with Crippen LogP contribution in [0.3, 0.4) is 0 Å². The normalized spacial score (nSPS) is 12.8. The second kappa shape index (κ2) is 4.06. The first-order chi connectivity index (χ1) is 9.83. The summed E-state index contributed by atoms with van der Waals surface area (Å²) in [5.41, 5.74) is 2.08. The van der Waals surface area contributed by atoms with E-state index in [-0.39, 0.29) is 6.79 Å². The minimum Gasteiger partial charge on any atom is -0.454 e. The lowest BCUT2D eigenvalue weighted by atomic mass is 10.2. The molecule has 0 N–H and O–H groups in total. The largest absolute Gasteiger partial charge is 0.454 e. The standard InChI is InChI=1S/C14H9N3O3/c18-7-9-1-4-13-15-14(16-17(13)6-9)10-2-3-11-12(5-10)20-8-19-11/h1-7H,8H2. The van der Waals surface area contributed by atoms with Crippen LogP contribution in [-0.4, -0.2) is 27.7 Å². The number of aldehydes is 1. The van der Waals surface area contributed by atoms with Crippen LogP contribution >= 0.6 is 0 Å². The van der Waals surface area contributed by atoms with Crippen molar-refractivity contribution in [3.63, 3.8) is 0 Å². The second-order valence-electron chi connectivity index (χ2n) is 4.39. The summed E-state index contributed by atoms with van der Waals surface area (Å²) in [5.74, 6) is 1.99. The molecule has 0 radical (unpaired) electrons. The molecule has 0 aliphatic carbocycles. The summed E-state index contributed by atoms with van der Waals surface area (Å²) in [6.07, 6.45) is 2.42. The smallest absolute Gasteiger partial charge is 0.231 e. The molecule has 0 unspecified atom stereocenters. The predicted molar refractivity (Wildman–Crippen MR) is 69.9 cm³/mol. The number of fused-ring (bicyclic) bond motifs is 2. The van der Waals surface area contributed by atoms with E-state index in [4.69, 9.17) is 9.47 Å². The van der Waals surface area contributed by atoms with E-state index in [1.54, 1.807) is 22.8 Å². The van der Waals surface area contributed by atoms with Crippen LogP contribution in [0, 0.1) is 0 Å². The zero-order valence-corrected chi connectivity index (χ0v) is 10.3. The molecule has 1 aliphatic heterocycles. The van der Waals surface area contributed by atoms with Gasteiger partial charge in [-0.3, -0.25) is 4.79 Å². The molecular weight excluding hydrogens is 258 g/mol. The van der Waals surface area contributed by atoms with Crippen molar-refractivity contribution in [2.75, 3.05) is 6.79 Å². The number of carbonyl (C=O) groups is 1. The van der Waals surface area contributed by atoms with Crippen molar-refractivity contribution in [3.05, 3.63) is 42.1 Å². The Morgan fingerprint density at radius 1 is 1.15 bits per heavy atom. The highest BCUT2D eigenvalue weighted by molar-refractivity contribution is 5.75. The molecule has 0 fully saturated rings. The average Bonchev–Trinajstić information content (AvgIpc) is 3.11. The zero-order chi connectivity index (χ0) is 13.5. The number of rotatable bonds is 2. The Kier molecular flexibility index (Phi) is 2.23. The van der Waals surface area contributed by atoms with E-state index in [1.165, 1.54) is 0 Å². The van der Waals surface area contributed by atoms with E-state index >= 15 is 0 Å². The van der Waals surface area contributed by atoms with Crippen molar-refractivity contribution in [1.82, 2.24) is 14.6 Å². The highest BCUT2D eigenvalue weighted by atomic mass is 16.7. The number of hydrogen-bond acceptors (Lipinski definition) is 5. The Hall–Kier alpha value is -2.89. The van der Waals surface area contributed by atoms with E-state index in [1.807, 2.05) is 18.2 Å². The van der Waals surface area contributed by atoms with Crippen molar-refractivity contribution in [2.45, 2.75) is 0 Å². The predicted octanol–water partition coefficient (Wildman–Crippen LogP) is 1.94. The highest BCUT2D eigenvalue weighted by Crippen LogP contribution is 2.35. The van der Waals surface area contributed by atoms with Gasteiger partial charge < -0.3 is 9.47 Å². The molecular formula is C14H9N3O3. The number of hydrogen-bond donors (Lipinski definition) is 0. The maximum atomic E-state index is 10.8. The molecule has 0 atom stereocenters. The van der Waals surface area contributed by atoms with E-state index in [0.717, 1.165) is 17.6 Å². The average molecular weight is 267 g/mol. The lowest BCUT2D eigenvalue weighted by Gasteiger charge is -1.97. The molecule has 0 amide bonds. The van der Waals surface area contributed by atoms with Gasteiger partial charge in [-0.25, -0.2) is 9.50 Å². The van der Waals surface area contributed by atoms with Gasteiger partial charge in [-0.15, -0.1) is 5.10 Å². The van der Waals surface area contributed by atoms with Crippen LogP contribution in [-0.2, 0) is 0 Å². The monoisotopic (exact) mass is 267 g/mol. The van der Waals surface area contributed by atoms with Crippen molar-refractivity contribution >= 4 is 11.9 Å². The van der Waals surface area contributed by atoms with E-state index in [9.17, 15) is 4.79 Å². The van der Waals surface area contributed by atoms with E-state index in [0.29, 0.717) is 22.8 Å². The third-order valence-electron chi connectivity index (χ3n) is 3.12. The minimum absolute atomic E-state index is 0.236. The molecule has 6 heteroatoms. The van der Waals surface area contributed by atoms with Crippen LogP contribution in [0.4, 0.5) is 0 Å². The molecule has 4 rings (SSSR count). The number of carbonyl (C=O) groups excluding carboxylic acids is 1. The van der Waals surface area contributed by atoms with Crippen molar-refractivity contribution < 1.29 is 14.3 Å². The van der Waals surface area contributed by atoms with Crippen LogP contribution in [0.25, 0.3) is 17.0 Å². The zero-order valence-electron chi connectivity index (χ0n) is 10.3. The molecule has 6 nitrogen and oxygen atoms in total. The molecule has 20 heavy (non-hydrogen) atoms. The SMILES string of the molecule is O=Cc1ccc2nc(-c3ccc4c(c3)OCO4)nn2c1. The number of ether oxygens (including phenoxy) is 2. The van der Waals surface area contributed by atoms with Gasteiger partial charge in [0.25, 0.3) is 0 Å². The van der Waals surface area contributed by atoms with E-state index in [2.05, 4.69) is 10.1 Å². The van der Waals surface area contributed by atoms with Gasteiger partial charge in [-0.1, -0.05) is 0 Å². The van der Waals surface area contributed by atoms with Crippen LogP contribution in [0.15, 0.2) is 36.5 Å². The Morgan fingerprint density at radius 2 is 2.05 bits per heavy atom. The first kappa shape index (κ1) is 11.0. The van der Waals surface area contributed by atoms with Gasteiger partial charge in [-0.2, -0.15) is 0 Å². The first-order valence-electron chi connectivity index (χ1n) is 6.05. The molecule has 1 aromatic carbocycles. The topological polar surface area (TPSA) is 65.7 Å². The summed E-state index contributed by atoms with van der Waals surface area (Å²) in [5, 5.41) is 4.37. The summed E-state index contributed by atoms with van der Waals surface area (Å²) >= 11 is 0. The third-order valence-corrected chi connectivity index (χ3v) is 3.12. The number of aromatic nitrogens is 3. The molecule has 2 aromatic heterocycles. The summed E-state index contributed by atoms with van der Waals surface area (Å²) < 4.78 is 12.2. The fourth-order valence-corrected chi connectivity index (χ4v) is 2.13. The van der Waals surface area contributed by atoms with Gasteiger partial charge >= 0.3 is 0 Å². The van der Waals surface area contributed by atoms with Gasteiger partial charge in [0.15, 0.2) is 29.3 Å². The second-order valence-corrected chi connectivity index (χ2v) is 4.39. The van der Waals surface area contributed by atoms with Crippen molar-refractivity contribution in [3.8, 4) is 22.9 Å². The molecule has 1 aliphatic rings. The van der Waals surface area contributed by atoms with Crippen LogP contribution in [0.5, 0.6) is 11.5 Å². The van der Waals surface area contributed by atoms with Gasteiger partial charge in [0, 0.05) is 17.3 Å². The van der Waals surface area contributed by atoms with Gasteiger partial charge in [-0.05, 0) is 30.3 Å². The molecule has 0 saturated carbocycles. The van der Waals surface area contributed by atoms with Gasteiger partial charge in [0.2, 0.25) is 6.79 Å². The summed E-state index contributed by atoms with van der Waals surface area (Å²) in [7, 11) is 0. The maximum absolute atomic E-state index is 10.8. The van der Waals surface area contributed by atoms with Gasteiger partial charge in [0.05, 0.1) is 0 Å². The van der Waals surface area contributed by atoms with Crippen LogP contribution in [0.2, 0.25) is 0 Å². The molecule has 0 saturated heterocycles. The Morgan fingerprint density at radius 3 is 2.95 bits per heavy atom. The quantitative estimate of drug-likeness (QED) is 0.664. The lowest BCUT2D eigenvalue weighted by Crippen LogP contribution is -1.92. The number of pyridine rings is 1. The minimum atomic E-state index is 0.236. The summed E-state index contributed by atoms with van der Waals surface area (Å²) in [6, 6.07) is 9.02. The molecule has 3 heterocycles. The van der Waals surface area contributed by atoms with Gasteiger partial charge in [0.1, 0.15) is 0 Å². The third kappa shape index (κ3) is 1.62. The fourth-order valence-electron chi connectivity index (χ4n) is 2.13. The Bertz CT molecular complexity index is 826. The molecule has 98 valence electrons. The summed E-state index contributed by atoms with van der Waals surface area (Å²) in [6.45, 7) is 0.236. The van der Waals surface area contributed by atoms with Crippen LogP contribution < -0.4 is 9.47 Å². The fraction of sp³-hybridized carbons (Fsp3) is 0.0714. The molecule has 0 spiro atoms.